The highest BCUT2D eigenvalue weighted by molar-refractivity contribution is 6.01. The molecule has 22 heavy (non-hydrogen) atoms. The molecule has 2 aliphatic heterocycles. The maximum absolute atomic E-state index is 12.5. The van der Waals surface area contributed by atoms with Gasteiger partial charge in [0.2, 0.25) is 11.8 Å². The zero-order chi connectivity index (χ0) is 15.7. The number of carboxylic acids is 1. The summed E-state index contributed by atoms with van der Waals surface area (Å²) in [6.07, 6.45) is 2.23. The van der Waals surface area contributed by atoms with Crippen molar-refractivity contribution in [2.45, 2.75) is 31.7 Å². The largest absolute Gasteiger partial charge is 0.480 e. The Hall–Kier alpha value is -2.37. The molecule has 2 heterocycles. The van der Waals surface area contributed by atoms with Gasteiger partial charge < -0.3 is 14.9 Å². The summed E-state index contributed by atoms with van der Waals surface area (Å²) in [6.45, 7) is 0.360. The first-order chi connectivity index (χ1) is 10.6. The molecule has 2 amide bonds. The van der Waals surface area contributed by atoms with Crippen molar-refractivity contribution >= 4 is 23.5 Å². The number of carbonyl (C=O) groups excluding carboxylic acids is 2. The Morgan fingerprint density at radius 1 is 1.23 bits per heavy atom. The van der Waals surface area contributed by atoms with Crippen molar-refractivity contribution in [2.24, 2.45) is 0 Å². The van der Waals surface area contributed by atoms with Gasteiger partial charge in [0, 0.05) is 18.7 Å². The SMILES string of the molecule is O=C(O)C1CCCN1C(=O)CN1C(=O)CCc2ccccc21. The van der Waals surface area contributed by atoms with Crippen molar-refractivity contribution in [3.05, 3.63) is 29.8 Å². The normalized spacial score (nSPS) is 20.9. The number of anilines is 1. The highest BCUT2D eigenvalue weighted by Gasteiger charge is 2.36. The number of aryl methyl sites for hydroxylation is 1. The van der Waals surface area contributed by atoms with Crippen molar-refractivity contribution < 1.29 is 19.5 Å². The number of hydrogen-bond acceptors (Lipinski definition) is 3. The smallest absolute Gasteiger partial charge is 0.326 e. The van der Waals surface area contributed by atoms with Gasteiger partial charge in [-0.05, 0) is 30.9 Å². The highest BCUT2D eigenvalue weighted by Crippen LogP contribution is 2.28. The molecule has 1 saturated heterocycles. The molecule has 0 spiro atoms. The van der Waals surface area contributed by atoms with Crippen LogP contribution in [0.5, 0.6) is 0 Å². The first kappa shape index (κ1) is 14.6. The number of likely N-dealkylation sites (tertiary alicyclic amines) is 1. The van der Waals surface area contributed by atoms with Crippen molar-refractivity contribution in [1.82, 2.24) is 4.90 Å². The fourth-order valence-electron chi connectivity index (χ4n) is 3.22. The van der Waals surface area contributed by atoms with E-state index in [9.17, 15) is 19.5 Å². The predicted molar refractivity (Wildman–Crippen MR) is 79.5 cm³/mol. The minimum atomic E-state index is -0.976. The summed E-state index contributed by atoms with van der Waals surface area (Å²) < 4.78 is 0. The molecule has 6 nitrogen and oxygen atoms in total. The molecule has 6 heteroatoms. The lowest BCUT2D eigenvalue weighted by molar-refractivity contribution is -0.147. The fourth-order valence-corrected chi connectivity index (χ4v) is 3.22. The molecule has 1 atom stereocenters. The van der Waals surface area contributed by atoms with Gasteiger partial charge in [0.05, 0.1) is 0 Å². The van der Waals surface area contributed by atoms with Crippen LogP contribution in [0.4, 0.5) is 5.69 Å². The van der Waals surface area contributed by atoms with Crippen LogP contribution in [-0.2, 0) is 20.8 Å². The van der Waals surface area contributed by atoms with Crippen LogP contribution in [0.25, 0.3) is 0 Å². The summed E-state index contributed by atoms with van der Waals surface area (Å²) in [5.74, 6) is -1.36. The summed E-state index contributed by atoms with van der Waals surface area (Å²) in [5, 5.41) is 9.17. The number of aliphatic carboxylic acids is 1. The van der Waals surface area contributed by atoms with E-state index in [-0.39, 0.29) is 18.4 Å². The quantitative estimate of drug-likeness (QED) is 0.905. The molecule has 0 aromatic heterocycles. The van der Waals surface area contributed by atoms with Crippen LogP contribution in [0.15, 0.2) is 24.3 Å². The zero-order valence-corrected chi connectivity index (χ0v) is 12.2. The molecule has 1 fully saturated rings. The first-order valence-corrected chi connectivity index (χ1v) is 7.48. The second-order valence-corrected chi connectivity index (χ2v) is 5.69. The Morgan fingerprint density at radius 2 is 2.00 bits per heavy atom. The van der Waals surface area contributed by atoms with Crippen LogP contribution in [0.3, 0.4) is 0 Å². The molecule has 1 aromatic carbocycles. The Balaban J connectivity index is 1.79. The van der Waals surface area contributed by atoms with E-state index in [1.807, 2.05) is 24.3 Å². The van der Waals surface area contributed by atoms with Gasteiger partial charge in [-0.15, -0.1) is 0 Å². The highest BCUT2D eigenvalue weighted by atomic mass is 16.4. The van der Waals surface area contributed by atoms with Gasteiger partial charge in [-0.1, -0.05) is 18.2 Å². The van der Waals surface area contributed by atoms with E-state index in [1.165, 1.54) is 9.80 Å². The van der Waals surface area contributed by atoms with Gasteiger partial charge in [0.25, 0.3) is 0 Å². The fraction of sp³-hybridized carbons (Fsp3) is 0.438. The van der Waals surface area contributed by atoms with Crippen molar-refractivity contribution in [3.8, 4) is 0 Å². The maximum Gasteiger partial charge on any atom is 0.326 e. The van der Waals surface area contributed by atoms with Crippen LogP contribution >= 0.6 is 0 Å². The third-order valence-corrected chi connectivity index (χ3v) is 4.34. The molecule has 0 saturated carbocycles. The van der Waals surface area contributed by atoms with Gasteiger partial charge in [-0.3, -0.25) is 9.59 Å². The number of carbonyl (C=O) groups is 3. The molecule has 0 aliphatic carbocycles. The molecule has 3 rings (SSSR count). The van der Waals surface area contributed by atoms with E-state index in [0.29, 0.717) is 32.2 Å². The van der Waals surface area contributed by atoms with Crippen LogP contribution in [-0.4, -0.2) is 46.9 Å². The average molecular weight is 302 g/mol. The molecular formula is C16H18N2O4. The van der Waals surface area contributed by atoms with Crippen LogP contribution in [0.2, 0.25) is 0 Å². The maximum atomic E-state index is 12.5. The molecule has 1 aromatic rings. The number of benzene rings is 1. The van der Waals surface area contributed by atoms with E-state index in [1.54, 1.807) is 0 Å². The van der Waals surface area contributed by atoms with Crippen molar-refractivity contribution in [3.63, 3.8) is 0 Å². The van der Waals surface area contributed by atoms with E-state index in [0.717, 1.165) is 11.3 Å². The van der Waals surface area contributed by atoms with Crippen LogP contribution < -0.4 is 4.90 Å². The topological polar surface area (TPSA) is 77.9 Å². The van der Waals surface area contributed by atoms with Crippen LogP contribution in [0, 0.1) is 0 Å². The lowest BCUT2D eigenvalue weighted by Crippen LogP contribution is -2.48. The number of hydrogen-bond donors (Lipinski definition) is 1. The van der Waals surface area contributed by atoms with E-state index < -0.39 is 12.0 Å². The number of amides is 2. The lowest BCUT2D eigenvalue weighted by Gasteiger charge is -2.31. The summed E-state index contributed by atoms with van der Waals surface area (Å²) in [7, 11) is 0. The number of rotatable bonds is 3. The van der Waals surface area contributed by atoms with Gasteiger partial charge in [-0.25, -0.2) is 4.79 Å². The molecule has 0 bridgehead atoms. The molecule has 2 aliphatic rings. The van der Waals surface area contributed by atoms with E-state index in [4.69, 9.17) is 0 Å². The molecule has 1 unspecified atom stereocenters. The predicted octanol–water partition coefficient (Wildman–Crippen LogP) is 1.04. The summed E-state index contributed by atoms with van der Waals surface area (Å²) in [5.41, 5.74) is 1.81. The van der Waals surface area contributed by atoms with Gasteiger partial charge >= 0.3 is 5.97 Å². The number of para-hydroxylation sites is 1. The molecular weight excluding hydrogens is 284 g/mol. The molecule has 0 radical (unpaired) electrons. The summed E-state index contributed by atoms with van der Waals surface area (Å²) >= 11 is 0. The van der Waals surface area contributed by atoms with E-state index >= 15 is 0 Å². The van der Waals surface area contributed by atoms with Crippen molar-refractivity contribution in [1.29, 1.82) is 0 Å². The Kier molecular flexibility index (Phi) is 3.83. The first-order valence-electron chi connectivity index (χ1n) is 7.48. The monoisotopic (exact) mass is 302 g/mol. The zero-order valence-electron chi connectivity index (χ0n) is 12.2. The Labute approximate surface area is 128 Å². The average Bonchev–Trinajstić information content (AvgIpc) is 3.00. The Morgan fingerprint density at radius 3 is 2.77 bits per heavy atom. The summed E-state index contributed by atoms with van der Waals surface area (Å²) in [6, 6.07) is 6.77. The number of fused-ring (bicyclic) bond motifs is 1. The minimum absolute atomic E-state index is 0.0837. The van der Waals surface area contributed by atoms with E-state index in [2.05, 4.69) is 0 Å². The second kappa shape index (κ2) is 5.79. The standard InChI is InChI=1S/C16H18N2O4/c19-14-8-7-11-4-1-2-5-12(11)18(14)10-15(20)17-9-3-6-13(17)16(21)22/h1-2,4-5,13H,3,6-10H2,(H,21,22). The van der Waals surface area contributed by atoms with Crippen LogP contribution in [0.1, 0.15) is 24.8 Å². The summed E-state index contributed by atoms with van der Waals surface area (Å²) in [4.78, 5) is 38.7. The third kappa shape index (κ3) is 2.56. The van der Waals surface area contributed by atoms with Crippen molar-refractivity contribution in [2.75, 3.05) is 18.0 Å². The molecule has 116 valence electrons. The van der Waals surface area contributed by atoms with Gasteiger partial charge in [-0.2, -0.15) is 0 Å². The minimum Gasteiger partial charge on any atom is -0.480 e. The second-order valence-electron chi connectivity index (χ2n) is 5.69. The number of carboxylic acid groups (broad SMARTS) is 1. The Bertz CT molecular complexity index is 628. The molecule has 1 N–H and O–H groups in total. The lowest BCUT2D eigenvalue weighted by atomic mass is 10.0. The van der Waals surface area contributed by atoms with Gasteiger partial charge in [0.1, 0.15) is 12.6 Å². The third-order valence-electron chi connectivity index (χ3n) is 4.34. The van der Waals surface area contributed by atoms with Gasteiger partial charge in [0.15, 0.2) is 0 Å². The number of nitrogens with zero attached hydrogens (tertiary/aromatic N) is 2.